The van der Waals surface area contributed by atoms with Crippen molar-refractivity contribution in [3.05, 3.63) is 48.3 Å². The fourth-order valence-corrected chi connectivity index (χ4v) is 4.37. The second kappa shape index (κ2) is 6.65. The molecule has 4 rings (SSSR count). The number of thiazole rings is 1. The highest BCUT2D eigenvalue weighted by Crippen LogP contribution is 2.34. The summed E-state index contributed by atoms with van der Waals surface area (Å²) < 4.78 is 14.1. The topological polar surface area (TPSA) is 45.2 Å². The van der Waals surface area contributed by atoms with Crippen molar-refractivity contribution >= 4 is 50.0 Å². The molecule has 3 aromatic rings. The van der Waals surface area contributed by atoms with Crippen molar-refractivity contribution in [2.45, 2.75) is 4.90 Å². The van der Waals surface area contributed by atoms with Crippen molar-refractivity contribution in [2.75, 3.05) is 29.6 Å². The number of thioether (sulfide) groups is 1. The molecule has 0 spiro atoms. The lowest BCUT2D eigenvalue weighted by Crippen LogP contribution is -2.52. The summed E-state index contributed by atoms with van der Waals surface area (Å²) in [7, 11) is 0. The van der Waals surface area contributed by atoms with Gasteiger partial charge >= 0.3 is 0 Å². The van der Waals surface area contributed by atoms with Crippen LogP contribution in [0.15, 0.2) is 47.4 Å². The Labute approximate surface area is 153 Å². The number of amides is 1. The van der Waals surface area contributed by atoms with Crippen LogP contribution >= 0.6 is 23.1 Å². The summed E-state index contributed by atoms with van der Waals surface area (Å²) in [5.74, 6) is -0.278. The maximum absolute atomic E-state index is 13.3. The minimum absolute atomic E-state index is 0.0323. The van der Waals surface area contributed by atoms with Gasteiger partial charge in [0.25, 0.3) is 0 Å². The van der Waals surface area contributed by atoms with Gasteiger partial charge in [0.1, 0.15) is 5.82 Å². The van der Waals surface area contributed by atoms with E-state index >= 15 is 0 Å². The molecule has 2 heterocycles. The van der Waals surface area contributed by atoms with Crippen LogP contribution in [0.5, 0.6) is 0 Å². The van der Waals surface area contributed by atoms with Gasteiger partial charge in [-0.05, 0) is 36.6 Å². The summed E-state index contributed by atoms with van der Waals surface area (Å²) >= 11 is 3.07. The summed E-state index contributed by atoms with van der Waals surface area (Å²) in [5, 5.41) is 3.86. The molecule has 0 radical (unpaired) electrons. The molecule has 7 heteroatoms. The predicted molar refractivity (Wildman–Crippen MR) is 102 cm³/mol. The zero-order chi connectivity index (χ0) is 17.4. The minimum Gasteiger partial charge on any atom is -0.346 e. The van der Waals surface area contributed by atoms with Crippen LogP contribution in [0, 0.1) is 11.7 Å². The largest absolute Gasteiger partial charge is 0.346 e. The van der Waals surface area contributed by atoms with Crippen LogP contribution in [0.2, 0.25) is 0 Å². The lowest BCUT2D eigenvalue weighted by atomic mass is 10.00. The molecular formula is C18H16FN3OS2. The van der Waals surface area contributed by atoms with E-state index in [1.807, 2.05) is 30.5 Å². The van der Waals surface area contributed by atoms with Crippen LogP contribution in [-0.2, 0) is 4.79 Å². The fourth-order valence-electron chi connectivity index (χ4n) is 2.80. The van der Waals surface area contributed by atoms with E-state index in [0.29, 0.717) is 13.1 Å². The lowest BCUT2D eigenvalue weighted by Gasteiger charge is -2.38. The highest BCUT2D eigenvalue weighted by atomic mass is 32.2. The Morgan fingerprint density at radius 1 is 1.32 bits per heavy atom. The molecule has 1 saturated heterocycles. The van der Waals surface area contributed by atoms with Crippen LogP contribution in [-0.4, -0.2) is 30.2 Å². The van der Waals surface area contributed by atoms with Crippen molar-refractivity contribution in [2.24, 2.45) is 5.92 Å². The monoisotopic (exact) mass is 373 g/mol. The Morgan fingerprint density at radius 2 is 2.12 bits per heavy atom. The van der Waals surface area contributed by atoms with Gasteiger partial charge in [-0.25, -0.2) is 9.37 Å². The Hall–Kier alpha value is -2.12. The van der Waals surface area contributed by atoms with E-state index in [4.69, 9.17) is 0 Å². The highest BCUT2D eigenvalue weighted by molar-refractivity contribution is 7.98. The van der Waals surface area contributed by atoms with Crippen molar-refractivity contribution in [1.82, 2.24) is 4.98 Å². The first kappa shape index (κ1) is 16.4. The summed E-state index contributed by atoms with van der Waals surface area (Å²) in [6.07, 6.45) is 1.99. The molecule has 2 aromatic carbocycles. The molecular weight excluding hydrogens is 357 g/mol. The normalized spacial score (nSPS) is 14.6. The molecule has 1 aliphatic rings. The third-order valence-electron chi connectivity index (χ3n) is 4.23. The number of para-hydroxylation sites is 1. The van der Waals surface area contributed by atoms with Crippen LogP contribution in [0.25, 0.3) is 10.2 Å². The zero-order valence-electron chi connectivity index (χ0n) is 13.5. The van der Waals surface area contributed by atoms with Crippen molar-refractivity contribution in [3.63, 3.8) is 0 Å². The molecule has 1 aliphatic heterocycles. The summed E-state index contributed by atoms with van der Waals surface area (Å²) in [6.45, 7) is 1.27. The number of halogens is 1. The van der Waals surface area contributed by atoms with E-state index in [0.717, 1.165) is 25.9 Å². The second-order valence-electron chi connectivity index (χ2n) is 5.90. The Balaban J connectivity index is 1.41. The molecule has 1 fully saturated rings. The van der Waals surface area contributed by atoms with Gasteiger partial charge in [-0.15, -0.1) is 11.8 Å². The van der Waals surface area contributed by atoms with Crippen molar-refractivity contribution < 1.29 is 9.18 Å². The van der Waals surface area contributed by atoms with Crippen molar-refractivity contribution in [3.8, 4) is 0 Å². The maximum Gasteiger partial charge on any atom is 0.231 e. The average molecular weight is 373 g/mol. The highest BCUT2D eigenvalue weighted by Gasteiger charge is 2.34. The summed E-state index contributed by atoms with van der Waals surface area (Å²) in [4.78, 5) is 20.1. The van der Waals surface area contributed by atoms with Gasteiger partial charge < -0.3 is 10.2 Å². The standard InChI is InChI=1S/C18H16FN3OS2/c1-24-15-5-3-2-4-13(15)20-17(23)11-9-22(10-11)18-21-14-7-6-12(19)8-16(14)25-18/h2-8,11H,9-10H2,1H3,(H,20,23). The van der Waals surface area contributed by atoms with Crippen LogP contribution in [0.4, 0.5) is 15.2 Å². The van der Waals surface area contributed by atoms with E-state index < -0.39 is 0 Å². The Kier molecular flexibility index (Phi) is 4.35. The summed E-state index contributed by atoms with van der Waals surface area (Å²) in [6, 6.07) is 12.4. The SMILES string of the molecule is CSc1ccccc1NC(=O)C1CN(c2nc3ccc(F)cc3s2)C1. The third kappa shape index (κ3) is 3.21. The molecule has 128 valence electrons. The number of carbonyl (C=O) groups is 1. The van der Waals surface area contributed by atoms with Gasteiger partial charge in [-0.1, -0.05) is 23.5 Å². The van der Waals surface area contributed by atoms with Gasteiger partial charge in [0, 0.05) is 18.0 Å². The maximum atomic E-state index is 13.3. The summed E-state index contributed by atoms with van der Waals surface area (Å²) in [5.41, 5.74) is 1.65. The molecule has 1 aromatic heterocycles. The van der Waals surface area contributed by atoms with Crippen LogP contribution in [0.1, 0.15) is 0 Å². The Morgan fingerprint density at radius 3 is 2.92 bits per heavy atom. The van der Waals surface area contributed by atoms with Crippen LogP contribution < -0.4 is 10.2 Å². The number of nitrogens with one attached hydrogen (secondary N) is 1. The molecule has 0 bridgehead atoms. The van der Waals surface area contributed by atoms with E-state index in [9.17, 15) is 9.18 Å². The molecule has 0 unspecified atom stereocenters. The lowest BCUT2D eigenvalue weighted by molar-refractivity contribution is -0.120. The first-order valence-corrected chi connectivity index (χ1v) is 9.93. The third-order valence-corrected chi connectivity index (χ3v) is 6.10. The smallest absolute Gasteiger partial charge is 0.231 e. The molecule has 4 nitrogen and oxygen atoms in total. The Bertz CT molecular complexity index is 937. The van der Waals surface area contributed by atoms with E-state index in [2.05, 4.69) is 15.2 Å². The van der Waals surface area contributed by atoms with Gasteiger partial charge in [-0.2, -0.15) is 0 Å². The molecule has 1 amide bonds. The fraction of sp³-hybridized carbons (Fsp3) is 0.222. The average Bonchev–Trinajstić information content (AvgIpc) is 2.96. The molecule has 25 heavy (non-hydrogen) atoms. The first-order valence-electron chi connectivity index (χ1n) is 7.89. The quantitative estimate of drug-likeness (QED) is 0.695. The predicted octanol–water partition coefficient (Wildman–Crippen LogP) is 4.23. The van der Waals surface area contributed by atoms with Crippen LogP contribution in [0.3, 0.4) is 0 Å². The molecule has 0 atom stereocenters. The number of aromatic nitrogens is 1. The zero-order valence-corrected chi connectivity index (χ0v) is 15.2. The minimum atomic E-state index is -0.254. The van der Waals surface area contributed by atoms with Gasteiger partial charge in [0.05, 0.1) is 21.8 Å². The number of anilines is 2. The number of hydrogen-bond donors (Lipinski definition) is 1. The van der Waals surface area contributed by atoms with E-state index in [1.165, 1.54) is 23.5 Å². The van der Waals surface area contributed by atoms with Crippen molar-refractivity contribution in [1.29, 1.82) is 0 Å². The molecule has 0 aliphatic carbocycles. The number of benzene rings is 2. The van der Waals surface area contributed by atoms with Gasteiger partial charge in [0.15, 0.2) is 5.13 Å². The number of nitrogens with zero attached hydrogens (tertiary/aromatic N) is 2. The first-order chi connectivity index (χ1) is 12.1. The number of carbonyl (C=O) groups excluding carboxylic acids is 1. The second-order valence-corrected chi connectivity index (χ2v) is 7.76. The number of hydrogen-bond acceptors (Lipinski definition) is 5. The van der Waals surface area contributed by atoms with E-state index in [1.54, 1.807) is 17.8 Å². The number of rotatable bonds is 4. The van der Waals surface area contributed by atoms with Gasteiger partial charge in [0.2, 0.25) is 5.91 Å². The molecule has 1 N–H and O–H groups in total. The molecule has 0 saturated carbocycles. The van der Waals surface area contributed by atoms with Gasteiger partial charge in [-0.3, -0.25) is 4.79 Å². The van der Waals surface area contributed by atoms with E-state index in [-0.39, 0.29) is 17.6 Å². The number of fused-ring (bicyclic) bond motifs is 1.